The number of benzene rings is 1. The van der Waals surface area contributed by atoms with Crippen molar-refractivity contribution in [1.82, 2.24) is 23.9 Å². The number of hydrogen-bond donors (Lipinski definition) is 1. The van der Waals surface area contributed by atoms with Gasteiger partial charge in [0.1, 0.15) is 5.82 Å². The van der Waals surface area contributed by atoms with Crippen LogP contribution in [0.2, 0.25) is 0 Å². The van der Waals surface area contributed by atoms with Crippen molar-refractivity contribution in [3.05, 3.63) is 60.9 Å². The van der Waals surface area contributed by atoms with Gasteiger partial charge >= 0.3 is 0 Å². The molecule has 9 heteroatoms. The Kier molecular flexibility index (Phi) is 3.73. The van der Waals surface area contributed by atoms with Crippen LogP contribution in [0.15, 0.2) is 60.1 Å². The van der Waals surface area contributed by atoms with Gasteiger partial charge in [0.05, 0.1) is 5.69 Å². The van der Waals surface area contributed by atoms with Gasteiger partial charge in [-0.15, -0.1) is 0 Å². The van der Waals surface area contributed by atoms with E-state index in [0.717, 1.165) is 5.56 Å². The summed E-state index contributed by atoms with van der Waals surface area (Å²) in [6.07, 6.45) is 6.85. The number of sulfonamides is 1. The molecule has 0 saturated carbocycles. The van der Waals surface area contributed by atoms with E-state index < -0.39 is 10.0 Å². The average molecular weight is 368 g/mol. The van der Waals surface area contributed by atoms with Crippen molar-refractivity contribution in [2.45, 2.75) is 11.9 Å². The number of fused-ring (bicyclic) bond motifs is 1. The molecule has 4 rings (SSSR count). The Labute approximate surface area is 150 Å². The van der Waals surface area contributed by atoms with Gasteiger partial charge in [0.15, 0.2) is 5.03 Å². The van der Waals surface area contributed by atoms with Crippen LogP contribution in [0.4, 0.5) is 5.69 Å². The molecule has 3 heterocycles. The van der Waals surface area contributed by atoms with Gasteiger partial charge in [-0.25, -0.2) is 15.0 Å². The Balaban J connectivity index is 1.67. The van der Waals surface area contributed by atoms with Gasteiger partial charge in [-0.1, -0.05) is 12.1 Å². The molecule has 0 amide bonds. The SMILES string of the molecule is Cc1nc(S(=O)(=O)Nc2cccc(-c3cn4cccnc4n3)c2)cn1C. The molecule has 0 spiro atoms. The van der Waals surface area contributed by atoms with E-state index in [0.29, 0.717) is 23.0 Å². The molecule has 3 aromatic heterocycles. The van der Waals surface area contributed by atoms with Crippen molar-refractivity contribution in [2.75, 3.05) is 4.72 Å². The second-order valence-corrected chi connectivity index (χ2v) is 7.51. The van der Waals surface area contributed by atoms with Crippen molar-refractivity contribution in [1.29, 1.82) is 0 Å². The Morgan fingerprint density at radius 2 is 1.96 bits per heavy atom. The third-order valence-corrected chi connectivity index (χ3v) is 5.26. The van der Waals surface area contributed by atoms with Gasteiger partial charge in [0.2, 0.25) is 5.78 Å². The van der Waals surface area contributed by atoms with E-state index in [2.05, 4.69) is 19.7 Å². The first-order valence-electron chi connectivity index (χ1n) is 7.85. The molecule has 0 atom stereocenters. The summed E-state index contributed by atoms with van der Waals surface area (Å²) in [4.78, 5) is 12.7. The van der Waals surface area contributed by atoms with Crippen molar-refractivity contribution in [3.63, 3.8) is 0 Å². The van der Waals surface area contributed by atoms with Crippen LogP contribution < -0.4 is 4.72 Å². The largest absolute Gasteiger partial charge is 0.337 e. The van der Waals surface area contributed by atoms with Gasteiger partial charge in [-0.3, -0.25) is 9.12 Å². The molecule has 0 bridgehead atoms. The van der Waals surface area contributed by atoms with E-state index in [-0.39, 0.29) is 5.03 Å². The monoisotopic (exact) mass is 368 g/mol. The fourth-order valence-corrected chi connectivity index (χ4v) is 3.67. The van der Waals surface area contributed by atoms with E-state index >= 15 is 0 Å². The maximum absolute atomic E-state index is 12.5. The fraction of sp³-hybridized carbons (Fsp3) is 0.118. The van der Waals surface area contributed by atoms with Crippen LogP contribution in [-0.2, 0) is 17.1 Å². The fourth-order valence-electron chi connectivity index (χ4n) is 2.57. The van der Waals surface area contributed by atoms with Gasteiger partial charge in [-0.2, -0.15) is 8.42 Å². The van der Waals surface area contributed by atoms with E-state index in [1.165, 1.54) is 6.20 Å². The molecule has 0 fully saturated rings. The van der Waals surface area contributed by atoms with Crippen LogP contribution in [0.5, 0.6) is 0 Å². The molecule has 1 aromatic carbocycles. The first-order chi connectivity index (χ1) is 12.4. The van der Waals surface area contributed by atoms with Crippen LogP contribution in [0, 0.1) is 6.92 Å². The summed E-state index contributed by atoms with van der Waals surface area (Å²) in [6, 6.07) is 8.87. The lowest BCUT2D eigenvalue weighted by Crippen LogP contribution is -2.13. The summed E-state index contributed by atoms with van der Waals surface area (Å²) in [7, 11) is -2.01. The third-order valence-electron chi connectivity index (χ3n) is 4.01. The first-order valence-corrected chi connectivity index (χ1v) is 9.34. The standard InChI is InChI=1S/C17H16N6O2S/c1-12-19-16(11-22(12)2)26(24,25)21-14-6-3-5-13(9-14)15-10-23-8-4-7-18-17(23)20-15/h3-11,21H,1-2H3. The molecule has 0 aliphatic heterocycles. The zero-order valence-electron chi connectivity index (χ0n) is 14.2. The van der Waals surface area contributed by atoms with Crippen molar-refractivity contribution >= 4 is 21.5 Å². The Morgan fingerprint density at radius 3 is 2.69 bits per heavy atom. The van der Waals surface area contributed by atoms with Crippen LogP contribution in [-0.4, -0.2) is 32.3 Å². The Hall–Kier alpha value is -3.20. The van der Waals surface area contributed by atoms with E-state index in [4.69, 9.17) is 0 Å². The molecule has 0 unspecified atom stereocenters. The second-order valence-electron chi connectivity index (χ2n) is 5.88. The van der Waals surface area contributed by atoms with Gasteiger partial charge in [0.25, 0.3) is 10.0 Å². The summed E-state index contributed by atoms with van der Waals surface area (Å²) < 4.78 is 31.1. The number of aromatic nitrogens is 5. The Bertz CT molecular complexity index is 1160. The smallest absolute Gasteiger partial charge is 0.280 e. The number of rotatable bonds is 4. The molecule has 0 aliphatic carbocycles. The van der Waals surface area contributed by atoms with E-state index in [1.54, 1.807) is 42.9 Å². The highest BCUT2D eigenvalue weighted by Crippen LogP contribution is 2.23. The van der Waals surface area contributed by atoms with Crippen molar-refractivity contribution < 1.29 is 8.42 Å². The minimum Gasteiger partial charge on any atom is -0.337 e. The van der Waals surface area contributed by atoms with Gasteiger partial charge < -0.3 is 4.57 Å². The molecule has 0 saturated heterocycles. The topological polar surface area (TPSA) is 94.2 Å². The van der Waals surface area contributed by atoms with Gasteiger partial charge in [0, 0.05) is 43.1 Å². The highest BCUT2D eigenvalue weighted by molar-refractivity contribution is 7.92. The molecular weight excluding hydrogens is 352 g/mol. The number of nitrogens with zero attached hydrogens (tertiary/aromatic N) is 5. The van der Waals surface area contributed by atoms with Crippen molar-refractivity contribution in [3.8, 4) is 11.3 Å². The highest BCUT2D eigenvalue weighted by atomic mass is 32.2. The summed E-state index contributed by atoms with van der Waals surface area (Å²) >= 11 is 0. The molecule has 132 valence electrons. The molecule has 4 aromatic rings. The number of anilines is 1. The number of hydrogen-bond acceptors (Lipinski definition) is 5. The minimum absolute atomic E-state index is 0.0140. The lowest BCUT2D eigenvalue weighted by Gasteiger charge is -2.07. The minimum atomic E-state index is -3.76. The third kappa shape index (κ3) is 2.93. The lowest BCUT2D eigenvalue weighted by molar-refractivity contribution is 0.598. The maximum atomic E-state index is 12.5. The van der Waals surface area contributed by atoms with Crippen LogP contribution in [0.3, 0.4) is 0 Å². The first kappa shape index (κ1) is 16.3. The molecule has 0 radical (unpaired) electrons. The van der Waals surface area contributed by atoms with Crippen molar-refractivity contribution in [2.24, 2.45) is 7.05 Å². The summed E-state index contributed by atoms with van der Waals surface area (Å²) in [5.74, 6) is 1.20. The highest BCUT2D eigenvalue weighted by Gasteiger charge is 2.19. The summed E-state index contributed by atoms with van der Waals surface area (Å²) in [5, 5.41) is -0.0140. The second kappa shape index (κ2) is 5.95. The lowest BCUT2D eigenvalue weighted by atomic mass is 10.1. The Morgan fingerprint density at radius 1 is 1.12 bits per heavy atom. The predicted molar refractivity (Wildman–Crippen MR) is 97.2 cm³/mol. The number of aryl methyl sites for hydroxylation is 2. The van der Waals surface area contributed by atoms with Gasteiger partial charge in [-0.05, 0) is 25.1 Å². The van der Waals surface area contributed by atoms with Crippen LogP contribution in [0.1, 0.15) is 5.82 Å². The quantitative estimate of drug-likeness (QED) is 0.596. The molecule has 1 N–H and O–H groups in total. The van der Waals surface area contributed by atoms with E-state index in [1.807, 2.05) is 28.9 Å². The molecular formula is C17H16N6O2S. The number of imidazole rings is 2. The molecule has 8 nitrogen and oxygen atoms in total. The van der Waals surface area contributed by atoms with Crippen LogP contribution >= 0.6 is 0 Å². The zero-order valence-corrected chi connectivity index (χ0v) is 15.0. The van der Waals surface area contributed by atoms with E-state index in [9.17, 15) is 8.42 Å². The normalized spacial score (nSPS) is 11.8. The maximum Gasteiger partial charge on any atom is 0.280 e. The van der Waals surface area contributed by atoms with Crippen LogP contribution in [0.25, 0.3) is 17.0 Å². The predicted octanol–water partition coefficient (Wildman–Crippen LogP) is 2.24. The molecule has 0 aliphatic rings. The zero-order chi connectivity index (χ0) is 18.3. The summed E-state index contributed by atoms with van der Waals surface area (Å²) in [5.41, 5.74) is 1.93. The number of nitrogens with one attached hydrogen (secondary N) is 1. The summed E-state index contributed by atoms with van der Waals surface area (Å²) in [6.45, 7) is 1.75. The average Bonchev–Trinajstić information content (AvgIpc) is 3.19. The molecule has 26 heavy (non-hydrogen) atoms.